The number of amides is 1. The molecule has 0 unspecified atom stereocenters. The van der Waals surface area contributed by atoms with Crippen LogP contribution in [0, 0.1) is 0 Å². The van der Waals surface area contributed by atoms with Gasteiger partial charge in [0.15, 0.2) is 0 Å². The summed E-state index contributed by atoms with van der Waals surface area (Å²) in [6.45, 7) is 7.98. The van der Waals surface area contributed by atoms with E-state index in [1.54, 1.807) is 6.26 Å². The largest absolute Gasteiger partial charge is 0.467 e. The molecule has 1 aromatic heterocycles. The van der Waals surface area contributed by atoms with Crippen molar-refractivity contribution in [2.45, 2.75) is 51.1 Å². The zero-order valence-corrected chi connectivity index (χ0v) is 16.4. The number of carbonyl (C=O) groups excluding carboxylic acids is 1. The fourth-order valence-corrected chi connectivity index (χ4v) is 4.69. The van der Waals surface area contributed by atoms with Gasteiger partial charge >= 0.3 is 0 Å². The van der Waals surface area contributed by atoms with E-state index in [-0.39, 0.29) is 5.91 Å². The van der Waals surface area contributed by atoms with Gasteiger partial charge in [-0.3, -0.25) is 14.6 Å². The van der Waals surface area contributed by atoms with E-state index in [1.807, 2.05) is 11.0 Å². The summed E-state index contributed by atoms with van der Waals surface area (Å²) in [7, 11) is 0. The molecule has 4 rings (SSSR count). The first-order chi connectivity index (χ1) is 13.3. The monoisotopic (exact) mass is 375 g/mol. The second kappa shape index (κ2) is 9.22. The van der Waals surface area contributed by atoms with E-state index in [1.165, 1.54) is 32.1 Å². The lowest BCUT2D eigenvalue weighted by molar-refractivity contribution is 0.0313. The molecule has 1 aliphatic carbocycles. The molecule has 1 saturated carbocycles. The maximum absolute atomic E-state index is 13.0. The highest BCUT2D eigenvalue weighted by atomic mass is 16.5. The van der Waals surface area contributed by atoms with Crippen LogP contribution in [0.3, 0.4) is 0 Å². The number of ether oxygens (including phenoxy) is 1. The second-order valence-corrected chi connectivity index (χ2v) is 8.16. The van der Waals surface area contributed by atoms with E-state index in [4.69, 9.17) is 9.15 Å². The molecule has 0 spiro atoms. The van der Waals surface area contributed by atoms with Gasteiger partial charge in [0, 0.05) is 45.3 Å². The van der Waals surface area contributed by atoms with Gasteiger partial charge in [-0.15, -0.1) is 0 Å². The van der Waals surface area contributed by atoms with Crippen molar-refractivity contribution in [2.75, 3.05) is 52.5 Å². The molecule has 1 aromatic rings. The Hall–Kier alpha value is -1.37. The van der Waals surface area contributed by atoms with E-state index in [9.17, 15) is 4.79 Å². The van der Waals surface area contributed by atoms with Crippen LogP contribution in [-0.2, 0) is 11.3 Å². The molecule has 1 amide bonds. The van der Waals surface area contributed by atoms with Gasteiger partial charge in [0.2, 0.25) is 0 Å². The van der Waals surface area contributed by atoms with Crippen LogP contribution in [0.15, 0.2) is 16.7 Å². The van der Waals surface area contributed by atoms with E-state index in [0.717, 1.165) is 77.2 Å². The first kappa shape index (κ1) is 19.0. The third-order valence-corrected chi connectivity index (χ3v) is 6.29. The van der Waals surface area contributed by atoms with Crippen LogP contribution in [-0.4, -0.2) is 79.1 Å². The average Bonchev–Trinajstić information content (AvgIpc) is 3.04. The van der Waals surface area contributed by atoms with Crippen molar-refractivity contribution in [3.05, 3.63) is 23.7 Å². The SMILES string of the molecule is O=C(c1coc(CN2CCOCC2)c1)N1CCCN(C2CCCCC2)CC1. The Bertz CT molecular complexity index is 606. The minimum atomic E-state index is 0.123. The van der Waals surface area contributed by atoms with E-state index < -0.39 is 0 Å². The third-order valence-electron chi connectivity index (χ3n) is 6.29. The van der Waals surface area contributed by atoms with Crippen LogP contribution < -0.4 is 0 Å². The van der Waals surface area contributed by atoms with Gasteiger partial charge in [-0.05, 0) is 25.3 Å². The fraction of sp³-hybridized carbons (Fsp3) is 0.762. The van der Waals surface area contributed by atoms with Crippen molar-refractivity contribution in [2.24, 2.45) is 0 Å². The number of morpholine rings is 1. The summed E-state index contributed by atoms with van der Waals surface area (Å²) < 4.78 is 11.1. The number of carbonyl (C=O) groups is 1. The molecule has 0 atom stereocenters. The highest BCUT2D eigenvalue weighted by molar-refractivity contribution is 5.94. The Kier molecular flexibility index (Phi) is 6.47. The summed E-state index contributed by atoms with van der Waals surface area (Å²) in [5, 5.41) is 0. The first-order valence-electron chi connectivity index (χ1n) is 10.7. The van der Waals surface area contributed by atoms with E-state index >= 15 is 0 Å². The molecule has 2 saturated heterocycles. The van der Waals surface area contributed by atoms with Gasteiger partial charge in [0.25, 0.3) is 5.91 Å². The number of furan rings is 1. The Balaban J connectivity index is 1.31. The van der Waals surface area contributed by atoms with Gasteiger partial charge < -0.3 is 14.1 Å². The fourth-order valence-electron chi connectivity index (χ4n) is 4.69. The molecule has 2 aliphatic heterocycles. The summed E-state index contributed by atoms with van der Waals surface area (Å²) >= 11 is 0. The number of hydrogen-bond donors (Lipinski definition) is 0. The van der Waals surface area contributed by atoms with Crippen molar-refractivity contribution in [1.82, 2.24) is 14.7 Å². The Morgan fingerprint density at radius 1 is 0.963 bits per heavy atom. The van der Waals surface area contributed by atoms with Crippen LogP contribution >= 0.6 is 0 Å². The molecule has 3 heterocycles. The number of rotatable bonds is 4. The summed E-state index contributed by atoms with van der Waals surface area (Å²) in [5.41, 5.74) is 0.698. The molecule has 3 fully saturated rings. The normalized spacial score (nSPS) is 24.1. The van der Waals surface area contributed by atoms with Crippen molar-refractivity contribution >= 4 is 5.91 Å². The van der Waals surface area contributed by atoms with E-state index in [2.05, 4.69) is 9.80 Å². The summed E-state index contributed by atoms with van der Waals surface area (Å²) in [6.07, 6.45) is 9.50. The van der Waals surface area contributed by atoms with Crippen molar-refractivity contribution in [3.63, 3.8) is 0 Å². The minimum absolute atomic E-state index is 0.123. The first-order valence-corrected chi connectivity index (χ1v) is 10.7. The Morgan fingerprint density at radius 2 is 1.78 bits per heavy atom. The zero-order valence-electron chi connectivity index (χ0n) is 16.4. The van der Waals surface area contributed by atoms with Gasteiger partial charge in [0.05, 0.1) is 25.3 Å². The lowest BCUT2D eigenvalue weighted by Crippen LogP contribution is -2.40. The molecule has 150 valence electrons. The predicted molar refractivity (Wildman–Crippen MR) is 104 cm³/mol. The summed E-state index contributed by atoms with van der Waals surface area (Å²) in [4.78, 5) is 19.9. The topological polar surface area (TPSA) is 49.2 Å². The van der Waals surface area contributed by atoms with Crippen LogP contribution in [0.1, 0.15) is 54.6 Å². The maximum Gasteiger partial charge on any atom is 0.257 e. The van der Waals surface area contributed by atoms with Crippen LogP contribution in [0.4, 0.5) is 0 Å². The lowest BCUT2D eigenvalue weighted by Gasteiger charge is -2.33. The summed E-state index contributed by atoms with van der Waals surface area (Å²) in [5.74, 6) is 0.997. The van der Waals surface area contributed by atoms with Gasteiger partial charge in [-0.25, -0.2) is 0 Å². The molecule has 0 aromatic carbocycles. The molecule has 0 bridgehead atoms. The smallest absolute Gasteiger partial charge is 0.257 e. The maximum atomic E-state index is 13.0. The van der Waals surface area contributed by atoms with Gasteiger partial charge in [0.1, 0.15) is 12.0 Å². The highest BCUT2D eigenvalue weighted by Crippen LogP contribution is 2.24. The van der Waals surface area contributed by atoms with Crippen LogP contribution in [0.5, 0.6) is 0 Å². The predicted octanol–water partition coefficient (Wildman–Crippen LogP) is 2.59. The standard InChI is InChI=1S/C21H33N3O3/c25-21(18-15-20(27-17-18)16-22-11-13-26-14-12-22)24-8-4-7-23(9-10-24)19-5-2-1-3-6-19/h15,17,19H,1-14,16H2. The minimum Gasteiger partial charge on any atom is -0.467 e. The zero-order chi connectivity index (χ0) is 18.5. The lowest BCUT2D eigenvalue weighted by atomic mass is 9.94. The average molecular weight is 376 g/mol. The van der Waals surface area contributed by atoms with Crippen molar-refractivity contribution in [1.29, 1.82) is 0 Å². The number of hydrogen-bond acceptors (Lipinski definition) is 5. The molecule has 6 heteroatoms. The molecular formula is C21H33N3O3. The second-order valence-electron chi connectivity index (χ2n) is 8.16. The molecule has 0 N–H and O–H groups in total. The van der Waals surface area contributed by atoms with Crippen molar-refractivity contribution < 1.29 is 13.9 Å². The molecule has 3 aliphatic rings. The van der Waals surface area contributed by atoms with Crippen LogP contribution in [0.25, 0.3) is 0 Å². The molecular weight excluding hydrogens is 342 g/mol. The van der Waals surface area contributed by atoms with E-state index in [0.29, 0.717) is 5.56 Å². The molecule has 6 nitrogen and oxygen atoms in total. The summed E-state index contributed by atoms with van der Waals surface area (Å²) in [6, 6.07) is 2.67. The van der Waals surface area contributed by atoms with Gasteiger partial charge in [-0.1, -0.05) is 19.3 Å². The van der Waals surface area contributed by atoms with Crippen LogP contribution in [0.2, 0.25) is 0 Å². The quantitative estimate of drug-likeness (QED) is 0.810. The highest BCUT2D eigenvalue weighted by Gasteiger charge is 2.26. The molecule has 0 radical (unpaired) electrons. The van der Waals surface area contributed by atoms with Gasteiger partial charge in [-0.2, -0.15) is 0 Å². The third kappa shape index (κ3) is 4.92. The number of nitrogens with zero attached hydrogens (tertiary/aromatic N) is 3. The molecule has 27 heavy (non-hydrogen) atoms. The Labute approximate surface area is 162 Å². The van der Waals surface area contributed by atoms with Crippen molar-refractivity contribution in [3.8, 4) is 0 Å². The Morgan fingerprint density at radius 3 is 2.59 bits per heavy atom.